The number of piperazine rings is 1. The normalized spacial score (nSPS) is 19.2. The van der Waals surface area contributed by atoms with Crippen LogP contribution in [-0.2, 0) is 0 Å². The molecule has 0 aliphatic carbocycles. The minimum atomic E-state index is 0.00440. The minimum Gasteiger partial charge on any atom is -0.394 e. The van der Waals surface area contributed by atoms with Crippen LogP contribution in [0.15, 0.2) is 0 Å². The lowest BCUT2D eigenvalue weighted by atomic mass is 9.80. The molecule has 1 heterocycles. The highest BCUT2D eigenvalue weighted by molar-refractivity contribution is 4.93. The van der Waals surface area contributed by atoms with Crippen LogP contribution in [0.3, 0.4) is 0 Å². The molecule has 3 nitrogen and oxygen atoms in total. The van der Waals surface area contributed by atoms with Crippen LogP contribution in [0.4, 0.5) is 0 Å². The van der Waals surface area contributed by atoms with Gasteiger partial charge in [-0.15, -0.1) is 0 Å². The van der Waals surface area contributed by atoms with Crippen molar-refractivity contribution in [1.29, 1.82) is 0 Å². The van der Waals surface area contributed by atoms with E-state index in [-0.39, 0.29) is 5.54 Å². The molecule has 0 aromatic carbocycles. The number of aliphatic hydroxyl groups is 1. The molecule has 1 fully saturated rings. The van der Waals surface area contributed by atoms with Gasteiger partial charge >= 0.3 is 0 Å². The molecule has 0 aromatic heterocycles. The zero-order valence-electron chi connectivity index (χ0n) is 12.0. The molecule has 0 saturated carbocycles. The number of aliphatic hydroxyl groups excluding tert-OH is 1. The first kappa shape index (κ1) is 14.9. The van der Waals surface area contributed by atoms with E-state index < -0.39 is 0 Å². The first-order valence-corrected chi connectivity index (χ1v) is 7.07. The van der Waals surface area contributed by atoms with Gasteiger partial charge in [0.05, 0.1) is 6.61 Å². The monoisotopic (exact) mass is 242 g/mol. The van der Waals surface area contributed by atoms with Gasteiger partial charge in [-0.05, 0) is 24.7 Å². The quantitative estimate of drug-likeness (QED) is 0.744. The maximum Gasteiger partial charge on any atom is 0.0615 e. The molecule has 102 valence electrons. The highest BCUT2D eigenvalue weighted by Gasteiger charge is 2.37. The lowest BCUT2D eigenvalue weighted by Crippen LogP contribution is -2.59. The smallest absolute Gasteiger partial charge is 0.0615 e. The highest BCUT2D eigenvalue weighted by atomic mass is 16.3. The van der Waals surface area contributed by atoms with E-state index in [0.717, 1.165) is 39.0 Å². The summed E-state index contributed by atoms with van der Waals surface area (Å²) in [6.07, 6.45) is 2.20. The molecule has 0 radical (unpaired) electrons. The van der Waals surface area contributed by atoms with Crippen molar-refractivity contribution in [3.8, 4) is 0 Å². The highest BCUT2D eigenvalue weighted by Crippen LogP contribution is 2.31. The van der Waals surface area contributed by atoms with E-state index in [2.05, 4.69) is 37.9 Å². The van der Waals surface area contributed by atoms with Crippen LogP contribution in [0.25, 0.3) is 0 Å². The van der Waals surface area contributed by atoms with Crippen molar-refractivity contribution in [3.05, 3.63) is 0 Å². The van der Waals surface area contributed by atoms with Gasteiger partial charge in [0.1, 0.15) is 0 Å². The van der Waals surface area contributed by atoms with Gasteiger partial charge in [0.25, 0.3) is 0 Å². The molecule has 0 atom stereocenters. The van der Waals surface area contributed by atoms with Crippen LogP contribution < -0.4 is 5.32 Å². The Morgan fingerprint density at radius 3 is 1.88 bits per heavy atom. The Hall–Kier alpha value is -0.120. The molecule has 0 spiro atoms. The summed E-state index contributed by atoms with van der Waals surface area (Å²) in [6, 6.07) is 0. The van der Waals surface area contributed by atoms with Gasteiger partial charge in [0.15, 0.2) is 0 Å². The molecule has 0 aromatic rings. The maximum absolute atomic E-state index is 9.96. The molecule has 0 bridgehead atoms. The van der Waals surface area contributed by atoms with Gasteiger partial charge in [-0.3, -0.25) is 4.90 Å². The molecule has 1 rings (SSSR count). The third-order valence-corrected chi connectivity index (χ3v) is 3.66. The Morgan fingerprint density at radius 2 is 1.53 bits per heavy atom. The molecule has 1 saturated heterocycles. The summed E-state index contributed by atoms with van der Waals surface area (Å²) in [5.74, 6) is 1.27. The van der Waals surface area contributed by atoms with E-state index in [9.17, 15) is 5.11 Å². The van der Waals surface area contributed by atoms with Crippen molar-refractivity contribution in [2.45, 2.75) is 46.1 Å². The second-order valence-electron chi connectivity index (χ2n) is 6.32. The van der Waals surface area contributed by atoms with E-state index in [1.165, 1.54) is 0 Å². The number of rotatable bonds is 6. The summed E-state index contributed by atoms with van der Waals surface area (Å²) in [7, 11) is 0. The summed E-state index contributed by atoms with van der Waals surface area (Å²) in [6.45, 7) is 13.6. The third-order valence-electron chi connectivity index (χ3n) is 3.66. The zero-order valence-corrected chi connectivity index (χ0v) is 12.0. The molecular weight excluding hydrogens is 212 g/mol. The standard InChI is InChI=1S/C14H30N2O/c1-12(2)9-14(11-17,10-13(3)4)16-7-5-15-6-8-16/h12-13,15,17H,5-11H2,1-4H3. The van der Waals surface area contributed by atoms with Crippen molar-refractivity contribution >= 4 is 0 Å². The van der Waals surface area contributed by atoms with Gasteiger partial charge < -0.3 is 10.4 Å². The van der Waals surface area contributed by atoms with Crippen LogP contribution in [0.5, 0.6) is 0 Å². The van der Waals surface area contributed by atoms with E-state index >= 15 is 0 Å². The van der Waals surface area contributed by atoms with Gasteiger partial charge in [0, 0.05) is 31.7 Å². The number of hydrogen-bond acceptors (Lipinski definition) is 3. The van der Waals surface area contributed by atoms with Crippen molar-refractivity contribution in [1.82, 2.24) is 10.2 Å². The first-order chi connectivity index (χ1) is 8.00. The van der Waals surface area contributed by atoms with Gasteiger partial charge in [0.2, 0.25) is 0 Å². The largest absolute Gasteiger partial charge is 0.394 e. The minimum absolute atomic E-state index is 0.00440. The average molecular weight is 242 g/mol. The zero-order chi connectivity index (χ0) is 12.9. The fourth-order valence-corrected chi connectivity index (χ4v) is 3.23. The van der Waals surface area contributed by atoms with Gasteiger partial charge in [-0.2, -0.15) is 0 Å². The van der Waals surface area contributed by atoms with Crippen LogP contribution in [0, 0.1) is 11.8 Å². The van der Waals surface area contributed by atoms with E-state index in [4.69, 9.17) is 0 Å². The van der Waals surface area contributed by atoms with Crippen LogP contribution in [0.1, 0.15) is 40.5 Å². The second-order valence-corrected chi connectivity index (χ2v) is 6.32. The van der Waals surface area contributed by atoms with Crippen molar-refractivity contribution in [2.24, 2.45) is 11.8 Å². The number of nitrogens with zero attached hydrogens (tertiary/aromatic N) is 1. The lowest BCUT2D eigenvalue weighted by molar-refractivity contribution is -0.00919. The molecule has 1 aliphatic heterocycles. The SMILES string of the molecule is CC(C)CC(CO)(CC(C)C)N1CCNCC1. The molecular formula is C14H30N2O. The summed E-state index contributed by atoms with van der Waals surface area (Å²) >= 11 is 0. The fraction of sp³-hybridized carbons (Fsp3) is 1.00. The summed E-state index contributed by atoms with van der Waals surface area (Å²) in [5, 5.41) is 13.4. The van der Waals surface area contributed by atoms with Gasteiger partial charge in [-0.25, -0.2) is 0 Å². The van der Waals surface area contributed by atoms with Gasteiger partial charge in [-0.1, -0.05) is 27.7 Å². The summed E-state index contributed by atoms with van der Waals surface area (Å²) in [4.78, 5) is 2.52. The van der Waals surface area contributed by atoms with Crippen molar-refractivity contribution in [2.75, 3.05) is 32.8 Å². The fourth-order valence-electron chi connectivity index (χ4n) is 3.23. The summed E-state index contributed by atoms with van der Waals surface area (Å²) < 4.78 is 0. The third kappa shape index (κ3) is 4.23. The predicted molar refractivity (Wildman–Crippen MR) is 73.2 cm³/mol. The topological polar surface area (TPSA) is 35.5 Å². The average Bonchev–Trinajstić information content (AvgIpc) is 2.28. The van der Waals surface area contributed by atoms with Crippen LogP contribution in [-0.4, -0.2) is 48.3 Å². The number of nitrogens with one attached hydrogen (secondary N) is 1. The molecule has 2 N–H and O–H groups in total. The van der Waals surface area contributed by atoms with Crippen LogP contribution >= 0.6 is 0 Å². The maximum atomic E-state index is 9.96. The van der Waals surface area contributed by atoms with Crippen molar-refractivity contribution in [3.63, 3.8) is 0 Å². The van der Waals surface area contributed by atoms with E-state index in [1.807, 2.05) is 0 Å². The Morgan fingerprint density at radius 1 is 1.06 bits per heavy atom. The molecule has 1 aliphatic rings. The van der Waals surface area contributed by atoms with Crippen LogP contribution in [0.2, 0.25) is 0 Å². The molecule has 0 unspecified atom stereocenters. The van der Waals surface area contributed by atoms with E-state index in [0.29, 0.717) is 18.4 Å². The molecule has 0 amide bonds. The Labute approximate surface area is 107 Å². The molecule has 17 heavy (non-hydrogen) atoms. The lowest BCUT2D eigenvalue weighted by Gasteiger charge is -2.47. The second kappa shape index (κ2) is 6.72. The van der Waals surface area contributed by atoms with E-state index in [1.54, 1.807) is 0 Å². The summed E-state index contributed by atoms with van der Waals surface area (Å²) in [5.41, 5.74) is 0.00440. The Bertz CT molecular complexity index is 200. The first-order valence-electron chi connectivity index (χ1n) is 7.07. The Kier molecular flexibility index (Phi) is 5.90. The Balaban J connectivity index is 2.79. The predicted octanol–water partition coefficient (Wildman–Crippen LogP) is 1.71. The molecule has 3 heteroatoms. The number of hydrogen-bond donors (Lipinski definition) is 2. The van der Waals surface area contributed by atoms with Crippen molar-refractivity contribution < 1.29 is 5.11 Å².